The molecule has 0 aliphatic heterocycles. The summed E-state index contributed by atoms with van der Waals surface area (Å²) in [7, 11) is 0. The number of hydrogen-bond acceptors (Lipinski definition) is 5. The zero-order chi connectivity index (χ0) is 21.3. The van der Waals surface area contributed by atoms with Crippen molar-refractivity contribution in [1.29, 1.82) is 0 Å². The van der Waals surface area contributed by atoms with Gasteiger partial charge in [-0.15, -0.1) is 0 Å². The molecule has 30 heavy (non-hydrogen) atoms. The third kappa shape index (κ3) is 5.68. The number of benzene rings is 3. The monoisotopic (exact) mass is 404 g/mol. The number of carbonyl (C=O) groups is 3. The molecule has 0 radical (unpaired) electrons. The van der Waals surface area contributed by atoms with E-state index in [1.807, 2.05) is 30.3 Å². The van der Waals surface area contributed by atoms with Crippen LogP contribution < -0.4 is 15.4 Å². The van der Waals surface area contributed by atoms with E-state index >= 15 is 0 Å². The zero-order valence-electron chi connectivity index (χ0n) is 16.3. The predicted molar refractivity (Wildman–Crippen MR) is 113 cm³/mol. The Morgan fingerprint density at radius 1 is 0.700 bits per heavy atom. The zero-order valence-corrected chi connectivity index (χ0v) is 16.3. The molecule has 2 N–H and O–H groups in total. The number of carbonyl (C=O) groups excluding carboxylic acids is 3. The lowest BCUT2D eigenvalue weighted by molar-refractivity contribution is -0.132. The number of nitrogens with one attached hydrogen (secondary N) is 2. The second kappa shape index (κ2) is 9.88. The van der Waals surface area contributed by atoms with Gasteiger partial charge in [-0.05, 0) is 67.6 Å². The highest BCUT2D eigenvalue weighted by molar-refractivity contribution is 6.43. The number of para-hydroxylation sites is 1. The lowest BCUT2D eigenvalue weighted by Crippen LogP contribution is -2.29. The van der Waals surface area contributed by atoms with Crippen molar-refractivity contribution in [1.82, 2.24) is 0 Å². The van der Waals surface area contributed by atoms with Crippen LogP contribution in [0.4, 0.5) is 11.4 Å². The minimum Gasteiger partial charge on any atom is -0.462 e. The Kier molecular flexibility index (Phi) is 6.78. The van der Waals surface area contributed by atoms with Crippen LogP contribution in [0.25, 0.3) is 0 Å². The molecule has 152 valence electrons. The molecular formula is C23H20N2O5. The maximum absolute atomic E-state index is 12.1. The number of hydrogen-bond donors (Lipinski definition) is 2. The highest BCUT2D eigenvalue weighted by Crippen LogP contribution is 2.22. The van der Waals surface area contributed by atoms with Crippen molar-refractivity contribution in [3.8, 4) is 11.5 Å². The van der Waals surface area contributed by atoms with Gasteiger partial charge < -0.3 is 20.1 Å². The van der Waals surface area contributed by atoms with E-state index in [9.17, 15) is 14.4 Å². The summed E-state index contributed by atoms with van der Waals surface area (Å²) in [6.07, 6.45) is 0. The molecule has 0 saturated carbocycles. The Morgan fingerprint density at radius 2 is 1.20 bits per heavy atom. The third-order valence-corrected chi connectivity index (χ3v) is 3.95. The summed E-state index contributed by atoms with van der Waals surface area (Å²) in [5.41, 5.74) is 1.19. The van der Waals surface area contributed by atoms with Crippen LogP contribution in [-0.2, 0) is 14.3 Å². The molecule has 0 atom stereocenters. The Hall–Kier alpha value is -4.13. The van der Waals surface area contributed by atoms with Gasteiger partial charge in [0.2, 0.25) is 0 Å². The predicted octanol–water partition coefficient (Wildman–Crippen LogP) is 4.23. The molecule has 0 heterocycles. The fourth-order valence-corrected chi connectivity index (χ4v) is 2.51. The van der Waals surface area contributed by atoms with Crippen LogP contribution in [0.15, 0.2) is 78.9 Å². The van der Waals surface area contributed by atoms with Crippen molar-refractivity contribution in [2.24, 2.45) is 0 Å². The normalized spacial score (nSPS) is 10.0. The molecular weight excluding hydrogens is 384 g/mol. The summed E-state index contributed by atoms with van der Waals surface area (Å²) in [5.74, 6) is -0.800. The van der Waals surface area contributed by atoms with E-state index in [1.165, 1.54) is 24.3 Å². The Bertz CT molecular complexity index is 1020. The van der Waals surface area contributed by atoms with Crippen LogP contribution in [0, 0.1) is 0 Å². The van der Waals surface area contributed by atoms with E-state index in [4.69, 9.17) is 9.47 Å². The molecule has 7 heteroatoms. The molecule has 0 saturated heterocycles. The minimum atomic E-state index is -0.830. The molecule has 3 aromatic carbocycles. The van der Waals surface area contributed by atoms with E-state index in [1.54, 1.807) is 31.2 Å². The van der Waals surface area contributed by atoms with Gasteiger partial charge in [-0.2, -0.15) is 0 Å². The van der Waals surface area contributed by atoms with Crippen LogP contribution >= 0.6 is 0 Å². The van der Waals surface area contributed by atoms with Crippen molar-refractivity contribution >= 4 is 29.2 Å². The number of amides is 2. The lowest BCUT2D eigenvalue weighted by Gasteiger charge is -2.09. The maximum atomic E-state index is 12.1. The highest BCUT2D eigenvalue weighted by atomic mass is 16.5. The van der Waals surface area contributed by atoms with Crippen LogP contribution in [-0.4, -0.2) is 24.4 Å². The molecule has 0 fully saturated rings. The van der Waals surface area contributed by atoms with Crippen molar-refractivity contribution in [2.45, 2.75) is 6.92 Å². The molecule has 0 aliphatic rings. The second-order valence-corrected chi connectivity index (χ2v) is 6.15. The van der Waals surface area contributed by atoms with Gasteiger partial charge in [0.05, 0.1) is 12.2 Å². The molecule has 3 aromatic rings. The third-order valence-electron chi connectivity index (χ3n) is 3.95. The van der Waals surface area contributed by atoms with Gasteiger partial charge in [-0.3, -0.25) is 9.59 Å². The smallest absolute Gasteiger partial charge is 0.338 e. The van der Waals surface area contributed by atoms with Gasteiger partial charge in [-0.1, -0.05) is 18.2 Å². The first-order valence-corrected chi connectivity index (χ1v) is 9.27. The summed E-state index contributed by atoms with van der Waals surface area (Å²) in [6.45, 7) is 1.99. The summed E-state index contributed by atoms with van der Waals surface area (Å²) in [6, 6.07) is 22.0. The van der Waals surface area contributed by atoms with Gasteiger partial charge >= 0.3 is 17.8 Å². The van der Waals surface area contributed by atoms with Gasteiger partial charge in [0.25, 0.3) is 0 Å². The molecule has 3 rings (SSSR count). The van der Waals surface area contributed by atoms with Gasteiger partial charge in [0.15, 0.2) is 0 Å². The first kappa shape index (κ1) is 20.6. The van der Waals surface area contributed by atoms with Crippen molar-refractivity contribution < 1.29 is 23.9 Å². The minimum absolute atomic E-state index is 0.275. The van der Waals surface area contributed by atoms with Crippen molar-refractivity contribution in [3.05, 3.63) is 84.4 Å². The van der Waals surface area contributed by atoms with Crippen molar-refractivity contribution in [3.63, 3.8) is 0 Å². The average molecular weight is 404 g/mol. The summed E-state index contributed by atoms with van der Waals surface area (Å²) < 4.78 is 10.6. The fourth-order valence-electron chi connectivity index (χ4n) is 2.51. The van der Waals surface area contributed by atoms with E-state index in [0.29, 0.717) is 28.4 Å². The van der Waals surface area contributed by atoms with Crippen LogP contribution in [0.3, 0.4) is 0 Å². The Morgan fingerprint density at radius 3 is 1.73 bits per heavy atom. The van der Waals surface area contributed by atoms with Gasteiger partial charge in [-0.25, -0.2) is 4.79 Å². The number of ether oxygens (including phenoxy) is 2. The molecule has 7 nitrogen and oxygen atoms in total. The lowest BCUT2D eigenvalue weighted by atomic mass is 10.2. The second-order valence-electron chi connectivity index (χ2n) is 6.15. The first-order valence-electron chi connectivity index (χ1n) is 9.27. The van der Waals surface area contributed by atoms with Crippen LogP contribution in [0.1, 0.15) is 17.3 Å². The standard InChI is InChI=1S/C23H20N2O5/c1-2-29-23(28)16-8-10-17(11-9-16)24-21(26)22(27)25-18-12-14-20(15-13-18)30-19-6-4-3-5-7-19/h3-15H,2H2,1H3,(H,24,26)(H,25,27). The largest absolute Gasteiger partial charge is 0.462 e. The molecule has 0 aliphatic carbocycles. The van der Waals surface area contributed by atoms with Crippen LogP contribution in [0.2, 0.25) is 0 Å². The molecule has 0 spiro atoms. The van der Waals surface area contributed by atoms with E-state index in [0.717, 1.165) is 0 Å². The number of rotatable bonds is 6. The topological polar surface area (TPSA) is 93.7 Å². The summed E-state index contributed by atoms with van der Waals surface area (Å²) >= 11 is 0. The summed E-state index contributed by atoms with van der Waals surface area (Å²) in [4.78, 5) is 35.9. The SMILES string of the molecule is CCOC(=O)c1ccc(NC(=O)C(=O)Nc2ccc(Oc3ccccc3)cc2)cc1. The van der Waals surface area contributed by atoms with Gasteiger partial charge in [0.1, 0.15) is 11.5 Å². The first-order chi connectivity index (χ1) is 14.5. The molecule has 0 unspecified atom stereocenters. The summed E-state index contributed by atoms with van der Waals surface area (Å²) in [5, 5.41) is 5.00. The Balaban J connectivity index is 1.54. The maximum Gasteiger partial charge on any atom is 0.338 e. The number of anilines is 2. The highest BCUT2D eigenvalue weighted by Gasteiger charge is 2.15. The molecule has 0 bridgehead atoms. The quantitative estimate of drug-likeness (QED) is 0.474. The molecule has 0 aromatic heterocycles. The van der Waals surface area contributed by atoms with Crippen LogP contribution in [0.5, 0.6) is 11.5 Å². The van der Waals surface area contributed by atoms with E-state index < -0.39 is 17.8 Å². The van der Waals surface area contributed by atoms with E-state index in [-0.39, 0.29) is 6.61 Å². The Labute approximate surface area is 173 Å². The van der Waals surface area contributed by atoms with Gasteiger partial charge in [0, 0.05) is 11.4 Å². The average Bonchev–Trinajstić information content (AvgIpc) is 2.76. The fraction of sp³-hybridized carbons (Fsp3) is 0.0870. The number of esters is 1. The van der Waals surface area contributed by atoms with Crippen molar-refractivity contribution in [2.75, 3.05) is 17.2 Å². The van der Waals surface area contributed by atoms with E-state index in [2.05, 4.69) is 10.6 Å². The molecule has 2 amide bonds.